The second kappa shape index (κ2) is 6.47. The smallest absolute Gasteiger partial charge is 0.314 e. The number of ketones is 1. The Morgan fingerprint density at radius 1 is 1.21 bits per heavy atom. The fourth-order valence-electron chi connectivity index (χ4n) is 6.22. The van der Waals surface area contributed by atoms with Crippen LogP contribution < -0.4 is 0 Å². The second-order valence-corrected chi connectivity index (χ2v) is 9.82. The van der Waals surface area contributed by atoms with Crippen molar-refractivity contribution in [2.45, 2.75) is 82.9 Å². The molecule has 0 unspecified atom stereocenters. The molecule has 8 nitrogen and oxygen atoms in total. The average Bonchev–Trinajstić information content (AvgIpc) is 2.80. The SMILES string of the molecule is CC(=O)[C@@H]1C[C@@H](O)[C@H]2[C@@H](O)[C@@]1(C[C@H]1OC(=O)C(C)(C)[C@]1(O)CCO)C[C@@]2(C)O. The summed E-state index contributed by atoms with van der Waals surface area (Å²) in [5.74, 6) is -2.43. The number of fused-ring (bicyclic) bond motifs is 2. The van der Waals surface area contributed by atoms with Crippen LogP contribution >= 0.6 is 0 Å². The third kappa shape index (κ3) is 2.69. The molecule has 28 heavy (non-hydrogen) atoms. The lowest BCUT2D eigenvalue weighted by Crippen LogP contribution is -2.57. The highest BCUT2D eigenvalue weighted by Gasteiger charge is 2.71. The Hall–Kier alpha value is -1.06. The molecule has 3 fully saturated rings. The fourth-order valence-corrected chi connectivity index (χ4v) is 6.22. The van der Waals surface area contributed by atoms with Crippen LogP contribution in [0, 0.1) is 22.7 Å². The molecule has 8 atom stereocenters. The van der Waals surface area contributed by atoms with E-state index in [0.29, 0.717) is 0 Å². The van der Waals surface area contributed by atoms with E-state index >= 15 is 0 Å². The molecule has 160 valence electrons. The minimum absolute atomic E-state index is 0.0382. The summed E-state index contributed by atoms with van der Waals surface area (Å²) in [7, 11) is 0. The zero-order valence-corrected chi connectivity index (χ0v) is 16.9. The predicted molar refractivity (Wildman–Crippen MR) is 96.9 cm³/mol. The number of ether oxygens (including phenoxy) is 1. The first-order valence-corrected chi connectivity index (χ1v) is 9.88. The number of cyclic esters (lactones) is 1. The van der Waals surface area contributed by atoms with Crippen LogP contribution in [0.4, 0.5) is 0 Å². The zero-order valence-electron chi connectivity index (χ0n) is 16.9. The van der Waals surface area contributed by atoms with Gasteiger partial charge in [0.25, 0.3) is 0 Å². The Kier molecular flexibility index (Phi) is 5.00. The number of carbonyl (C=O) groups is 2. The van der Waals surface area contributed by atoms with Gasteiger partial charge in [-0.1, -0.05) is 0 Å². The van der Waals surface area contributed by atoms with E-state index in [0.717, 1.165) is 0 Å². The van der Waals surface area contributed by atoms with Crippen LogP contribution in [0.2, 0.25) is 0 Å². The normalized spacial score (nSPS) is 49.9. The maximum atomic E-state index is 12.4. The van der Waals surface area contributed by atoms with Gasteiger partial charge in [0.05, 0.1) is 23.2 Å². The topological polar surface area (TPSA) is 145 Å². The molecule has 0 aromatic heterocycles. The highest BCUT2D eigenvalue weighted by molar-refractivity contribution is 5.81. The van der Waals surface area contributed by atoms with Gasteiger partial charge in [0.15, 0.2) is 0 Å². The molecule has 0 radical (unpaired) electrons. The quantitative estimate of drug-likeness (QED) is 0.390. The second-order valence-electron chi connectivity index (χ2n) is 9.82. The van der Waals surface area contributed by atoms with Gasteiger partial charge in [0.1, 0.15) is 17.5 Å². The van der Waals surface area contributed by atoms with Gasteiger partial charge in [-0.15, -0.1) is 0 Å². The summed E-state index contributed by atoms with van der Waals surface area (Å²) in [4.78, 5) is 24.9. The fraction of sp³-hybridized carbons (Fsp3) is 0.900. The average molecular weight is 400 g/mol. The number of aliphatic hydroxyl groups excluding tert-OH is 3. The summed E-state index contributed by atoms with van der Waals surface area (Å²) in [6, 6.07) is 0. The van der Waals surface area contributed by atoms with Crippen LogP contribution in [0.3, 0.4) is 0 Å². The van der Waals surface area contributed by atoms with Crippen molar-refractivity contribution in [3.63, 3.8) is 0 Å². The van der Waals surface area contributed by atoms with Gasteiger partial charge in [0.2, 0.25) is 0 Å². The minimum atomic E-state index is -1.69. The van der Waals surface area contributed by atoms with Crippen molar-refractivity contribution in [1.82, 2.24) is 0 Å². The highest BCUT2D eigenvalue weighted by atomic mass is 16.6. The van der Waals surface area contributed by atoms with Crippen molar-refractivity contribution in [1.29, 1.82) is 0 Å². The standard InChI is InChI=1S/C20H32O8/c1-10(22)11-7-12(23)14-15(24)19(11,9-18(14,4)26)8-13-20(27,5-6-21)17(2,3)16(25)28-13/h11-15,21,23-24,26-27H,5-9H2,1-4H3/t11-,12+,13+,14-,15+,18+,19-,20-/m0/s1. The summed E-state index contributed by atoms with van der Waals surface area (Å²) < 4.78 is 5.50. The largest absolute Gasteiger partial charge is 0.459 e. The van der Waals surface area contributed by atoms with E-state index < -0.39 is 58.1 Å². The zero-order chi connectivity index (χ0) is 21.3. The van der Waals surface area contributed by atoms with E-state index in [4.69, 9.17) is 4.74 Å². The van der Waals surface area contributed by atoms with Crippen molar-refractivity contribution in [3.05, 3.63) is 0 Å². The number of carbonyl (C=O) groups excluding carboxylic acids is 2. The molecule has 0 spiro atoms. The number of Topliss-reactive ketones (excluding diaryl/α,β-unsaturated/α-hetero) is 1. The monoisotopic (exact) mass is 400 g/mol. The van der Waals surface area contributed by atoms with Crippen LogP contribution in [0.15, 0.2) is 0 Å². The molecule has 2 aliphatic carbocycles. The van der Waals surface area contributed by atoms with Crippen molar-refractivity contribution >= 4 is 11.8 Å². The Morgan fingerprint density at radius 2 is 1.82 bits per heavy atom. The Bertz CT molecular complexity index is 673. The molecule has 0 amide bonds. The molecule has 5 N–H and O–H groups in total. The van der Waals surface area contributed by atoms with E-state index in [1.165, 1.54) is 13.8 Å². The maximum absolute atomic E-state index is 12.4. The number of rotatable bonds is 5. The summed E-state index contributed by atoms with van der Waals surface area (Å²) in [5, 5.41) is 53.2. The Labute approximate surface area is 164 Å². The van der Waals surface area contributed by atoms with E-state index in [1.807, 2.05) is 0 Å². The minimum Gasteiger partial charge on any atom is -0.459 e. The number of aliphatic hydroxyl groups is 5. The first-order chi connectivity index (χ1) is 12.7. The van der Waals surface area contributed by atoms with E-state index in [1.54, 1.807) is 13.8 Å². The molecule has 1 saturated heterocycles. The van der Waals surface area contributed by atoms with Crippen molar-refractivity contribution in [2.24, 2.45) is 22.7 Å². The molecule has 2 bridgehead atoms. The van der Waals surface area contributed by atoms with Crippen molar-refractivity contribution in [2.75, 3.05) is 6.61 Å². The third-order valence-electron chi connectivity index (χ3n) is 7.84. The van der Waals surface area contributed by atoms with Crippen LogP contribution in [0.5, 0.6) is 0 Å². The third-order valence-corrected chi connectivity index (χ3v) is 7.84. The molecule has 3 rings (SSSR count). The molecule has 8 heteroatoms. The first-order valence-electron chi connectivity index (χ1n) is 9.88. The molecule has 1 aliphatic heterocycles. The number of esters is 1. The summed E-state index contributed by atoms with van der Waals surface area (Å²) in [6.07, 6.45) is -3.29. The van der Waals surface area contributed by atoms with Crippen LogP contribution in [-0.4, -0.2) is 73.4 Å². The van der Waals surface area contributed by atoms with Gasteiger partial charge < -0.3 is 30.3 Å². The lowest BCUT2D eigenvalue weighted by Gasteiger charge is -2.48. The van der Waals surface area contributed by atoms with Crippen molar-refractivity contribution < 1.29 is 39.9 Å². The van der Waals surface area contributed by atoms with Gasteiger partial charge in [-0.25, -0.2) is 0 Å². The van der Waals surface area contributed by atoms with Crippen molar-refractivity contribution in [3.8, 4) is 0 Å². The van der Waals surface area contributed by atoms with Crippen LogP contribution in [0.25, 0.3) is 0 Å². The summed E-state index contributed by atoms with van der Waals surface area (Å²) >= 11 is 0. The van der Waals surface area contributed by atoms with Gasteiger partial charge in [-0.3, -0.25) is 9.59 Å². The molecule has 1 heterocycles. The van der Waals surface area contributed by atoms with Crippen LogP contribution in [-0.2, 0) is 14.3 Å². The van der Waals surface area contributed by atoms with Gasteiger partial charge >= 0.3 is 5.97 Å². The molecular formula is C20H32O8. The van der Waals surface area contributed by atoms with Gasteiger partial charge in [0, 0.05) is 30.3 Å². The predicted octanol–water partition coefficient (Wildman–Crippen LogP) is -0.470. The molecule has 3 aliphatic rings. The Morgan fingerprint density at radius 3 is 2.36 bits per heavy atom. The van der Waals surface area contributed by atoms with Crippen LogP contribution in [0.1, 0.15) is 53.4 Å². The van der Waals surface area contributed by atoms with E-state index in [-0.39, 0.29) is 38.1 Å². The molecular weight excluding hydrogens is 368 g/mol. The molecule has 0 aromatic carbocycles. The van der Waals surface area contributed by atoms with E-state index in [2.05, 4.69) is 0 Å². The maximum Gasteiger partial charge on any atom is 0.314 e. The number of hydrogen-bond acceptors (Lipinski definition) is 8. The lowest BCUT2D eigenvalue weighted by molar-refractivity contribution is -0.163. The number of hydrogen-bond donors (Lipinski definition) is 5. The Balaban J connectivity index is 2.05. The van der Waals surface area contributed by atoms with E-state index in [9.17, 15) is 35.1 Å². The molecule has 2 saturated carbocycles. The van der Waals surface area contributed by atoms with Gasteiger partial charge in [-0.05, 0) is 47.0 Å². The lowest BCUT2D eigenvalue weighted by atomic mass is 9.59. The summed E-state index contributed by atoms with van der Waals surface area (Å²) in [5.41, 5.74) is -5.51. The molecule has 0 aromatic rings. The summed E-state index contributed by atoms with van der Waals surface area (Å²) in [6.45, 7) is 5.62. The first kappa shape index (κ1) is 21.6. The highest BCUT2D eigenvalue weighted by Crippen LogP contribution is 2.63. The van der Waals surface area contributed by atoms with Gasteiger partial charge in [-0.2, -0.15) is 0 Å².